The van der Waals surface area contributed by atoms with Gasteiger partial charge in [0.15, 0.2) is 0 Å². The first-order valence-corrected chi connectivity index (χ1v) is 14.9. The van der Waals surface area contributed by atoms with E-state index in [0.29, 0.717) is 47.3 Å². The molecular formula is C33H66O. The van der Waals surface area contributed by atoms with Gasteiger partial charge in [-0.2, -0.15) is 0 Å². The largest absolute Gasteiger partial charge is 0.389 e. The van der Waals surface area contributed by atoms with Crippen molar-refractivity contribution >= 4 is 0 Å². The van der Waals surface area contributed by atoms with Gasteiger partial charge >= 0.3 is 0 Å². The van der Waals surface area contributed by atoms with Crippen molar-refractivity contribution < 1.29 is 5.11 Å². The third-order valence-electron chi connectivity index (χ3n) is 11.9. The summed E-state index contributed by atoms with van der Waals surface area (Å²) in [6.07, 6.45) is 0.904. The molecule has 0 heterocycles. The number of hydrogen-bond acceptors (Lipinski definition) is 1. The van der Waals surface area contributed by atoms with E-state index in [0.717, 1.165) is 6.42 Å². The molecule has 0 bridgehead atoms. The van der Waals surface area contributed by atoms with Crippen LogP contribution in [0.4, 0.5) is 0 Å². The third-order valence-corrected chi connectivity index (χ3v) is 11.9. The first-order chi connectivity index (χ1) is 15.2. The lowest BCUT2D eigenvalue weighted by Gasteiger charge is -2.84. The lowest BCUT2D eigenvalue weighted by atomic mass is 9.20. The molecule has 0 aromatic heterocycles. The number of rotatable bonds is 9. The van der Waals surface area contributed by atoms with E-state index in [2.05, 4.69) is 125 Å². The molecule has 1 atom stereocenters. The van der Waals surface area contributed by atoms with Crippen LogP contribution < -0.4 is 0 Å². The fourth-order valence-electron chi connectivity index (χ4n) is 12.4. The van der Waals surface area contributed by atoms with Crippen LogP contribution in [0.1, 0.15) is 131 Å². The summed E-state index contributed by atoms with van der Waals surface area (Å²) in [5.41, 5.74) is -0.906. The highest BCUT2D eigenvalue weighted by atomic mass is 16.3. The van der Waals surface area contributed by atoms with Crippen LogP contribution >= 0.6 is 0 Å². The molecule has 0 aromatic carbocycles. The second-order valence-electron chi connectivity index (χ2n) is 15.1. The molecule has 0 spiro atoms. The monoisotopic (exact) mass is 479 g/mol. The Morgan fingerprint density at radius 1 is 0.353 bits per heavy atom. The molecule has 1 fully saturated rings. The maximum absolute atomic E-state index is 13.5. The van der Waals surface area contributed by atoms with E-state index >= 15 is 0 Å². The van der Waals surface area contributed by atoms with Gasteiger partial charge in [-0.1, -0.05) is 125 Å². The first-order valence-electron chi connectivity index (χ1n) is 14.9. The van der Waals surface area contributed by atoms with Crippen molar-refractivity contribution in [1.82, 2.24) is 0 Å². The SMILES string of the molecule is CC(C)C1(O)CC(C(C)C)(C(C)C)C(C(C)C)(C(C)C)C(C(C)C)(C(C)C)C1(C(C)C)C(C)C. The van der Waals surface area contributed by atoms with Crippen molar-refractivity contribution in [2.45, 2.75) is 137 Å². The van der Waals surface area contributed by atoms with Crippen LogP contribution in [0.3, 0.4) is 0 Å². The van der Waals surface area contributed by atoms with Crippen LogP contribution in [-0.2, 0) is 0 Å². The summed E-state index contributed by atoms with van der Waals surface area (Å²) in [5, 5.41) is 13.5. The quantitative estimate of drug-likeness (QED) is 0.349. The zero-order valence-electron chi connectivity index (χ0n) is 26.9. The predicted octanol–water partition coefficient (Wildman–Crippen LogP) is 9.97. The Morgan fingerprint density at radius 2 is 0.618 bits per heavy atom. The van der Waals surface area contributed by atoms with Gasteiger partial charge in [-0.3, -0.25) is 0 Å². The smallest absolute Gasteiger partial charge is 0.0742 e. The zero-order valence-corrected chi connectivity index (χ0v) is 26.9. The summed E-state index contributed by atoms with van der Waals surface area (Å²) in [5.74, 6) is 3.83. The summed E-state index contributed by atoms with van der Waals surface area (Å²) in [7, 11) is 0. The van der Waals surface area contributed by atoms with Crippen molar-refractivity contribution in [1.29, 1.82) is 0 Å². The summed E-state index contributed by atoms with van der Waals surface area (Å²) in [6, 6.07) is 0. The molecular weight excluding hydrogens is 412 g/mol. The Hall–Kier alpha value is -0.0400. The van der Waals surface area contributed by atoms with E-state index < -0.39 is 5.60 Å². The van der Waals surface area contributed by atoms with Crippen LogP contribution in [0.15, 0.2) is 0 Å². The highest BCUT2D eigenvalue weighted by Crippen LogP contribution is 2.84. The van der Waals surface area contributed by atoms with E-state index in [1.165, 1.54) is 0 Å². The number of aliphatic hydroxyl groups is 1. The van der Waals surface area contributed by atoms with Gasteiger partial charge < -0.3 is 5.11 Å². The van der Waals surface area contributed by atoms with Crippen molar-refractivity contribution in [3.05, 3.63) is 0 Å². The van der Waals surface area contributed by atoms with Crippen LogP contribution in [0.2, 0.25) is 0 Å². The van der Waals surface area contributed by atoms with Crippen LogP contribution in [0, 0.1) is 74.9 Å². The van der Waals surface area contributed by atoms with Gasteiger partial charge in [0.1, 0.15) is 0 Å². The lowest BCUT2D eigenvalue weighted by Crippen LogP contribution is -2.83. The topological polar surface area (TPSA) is 20.2 Å². The Kier molecular flexibility index (Phi) is 9.43. The molecule has 1 N–H and O–H groups in total. The van der Waals surface area contributed by atoms with Crippen molar-refractivity contribution in [2.24, 2.45) is 74.9 Å². The molecule has 34 heavy (non-hydrogen) atoms. The van der Waals surface area contributed by atoms with Gasteiger partial charge in [0.05, 0.1) is 5.60 Å². The predicted molar refractivity (Wildman–Crippen MR) is 153 cm³/mol. The van der Waals surface area contributed by atoms with E-state index in [-0.39, 0.29) is 27.6 Å². The highest BCUT2D eigenvalue weighted by molar-refractivity contribution is 5.30. The van der Waals surface area contributed by atoms with Gasteiger partial charge in [0.2, 0.25) is 0 Å². The Balaban J connectivity index is 4.87. The molecule has 0 amide bonds. The van der Waals surface area contributed by atoms with Crippen molar-refractivity contribution in [3.63, 3.8) is 0 Å². The summed E-state index contributed by atoms with van der Waals surface area (Å²) >= 11 is 0. The molecule has 204 valence electrons. The maximum Gasteiger partial charge on any atom is 0.0742 e. The van der Waals surface area contributed by atoms with Gasteiger partial charge in [-0.05, 0) is 75.9 Å². The Bertz CT molecular complexity index is 628. The zero-order chi connectivity index (χ0) is 27.4. The second kappa shape index (κ2) is 10.0. The maximum atomic E-state index is 13.5. The van der Waals surface area contributed by atoms with Crippen molar-refractivity contribution in [3.8, 4) is 0 Å². The summed E-state index contributed by atoms with van der Waals surface area (Å²) in [6.45, 7) is 44.5. The normalized spacial score (nSPS) is 26.5. The average molecular weight is 479 g/mol. The molecule has 1 unspecified atom stereocenters. The Labute approximate surface area is 216 Å². The standard InChI is InChI=1S/C33H66O/c1-20(2)29(21(3)4)19-30(34,22(5)6)32(25(11)12,26(13)14)33(27(15)16,28(17)18)31(29,23(7)8)24(9)10/h20-28,34H,19H2,1-18H3. The molecule has 1 rings (SSSR count). The fraction of sp³-hybridized carbons (Fsp3) is 1.00. The van der Waals surface area contributed by atoms with E-state index in [4.69, 9.17) is 0 Å². The summed E-state index contributed by atoms with van der Waals surface area (Å²) < 4.78 is 0. The van der Waals surface area contributed by atoms with Crippen LogP contribution in [0.25, 0.3) is 0 Å². The van der Waals surface area contributed by atoms with E-state index in [9.17, 15) is 5.11 Å². The molecule has 0 aliphatic heterocycles. The molecule has 0 saturated heterocycles. The van der Waals surface area contributed by atoms with E-state index in [1.54, 1.807) is 0 Å². The molecule has 1 aliphatic rings. The van der Waals surface area contributed by atoms with Gasteiger partial charge in [0.25, 0.3) is 0 Å². The molecule has 1 nitrogen and oxygen atoms in total. The lowest BCUT2D eigenvalue weighted by molar-refractivity contribution is -0.397. The third kappa shape index (κ3) is 3.33. The second-order valence-corrected chi connectivity index (χ2v) is 15.1. The molecule has 1 heteroatoms. The van der Waals surface area contributed by atoms with Crippen LogP contribution in [-0.4, -0.2) is 10.7 Å². The highest BCUT2D eigenvalue weighted by Gasteiger charge is 2.83. The summed E-state index contributed by atoms with van der Waals surface area (Å²) in [4.78, 5) is 0. The van der Waals surface area contributed by atoms with Crippen molar-refractivity contribution in [2.75, 3.05) is 0 Å². The number of hydrogen-bond donors (Lipinski definition) is 1. The average Bonchev–Trinajstić information content (AvgIpc) is 2.64. The first kappa shape index (κ1) is 32.0. The molecule has 0 aromatic rings. The van der Waals surface area contributed by atoms with Gasteiger partial charge in [0, 0.05) is 5.41 Å². The minimum Gasteiger partial charge on any atom is -0.389 e. The van der Waals surface area contributed by atoms with Gasteiger partial charge in [-0.15, -0.1) is 0 Å². The molecule has 0 radical (unpaired) electrons. The van der Waals surface area contributed by atoms with E-state index in [1.807, 2.05) is 0 Å². The molecule has 1 aliphatic carbocycles. The van der Waals surface area contributed by atoms with Crippen LogP contribution in [0.5, 0.6) is 0 Å². The van der Waals surface area contributed by atoms with Gasteiger partial charge in [-0.25, -0.2) is 0 Å². The Morgan fingerprint density at radius 3 is 0.794 bits per heavy atom. The fourth-order valence-corrected chi connectivity index (χ4v) is 12.4. The minimum absolute atomic E-state index is 0.0240. The molecule has 1 saturated carbocycles. The minimum atomic E-state index is -0.744.